The average molecular weight is 295 g/mol. The van der Waals surface area contributed by atoms with E-state index in [0.717, 1.165) is 5.56 Å². The minimum atomic E-state index is -0.767. The normalized spacial score (nSPS) is 12.4. The highest BCUT2D eigenvalue weighted by Crippen LogP contribution is 2.26. The average Bonchev–Trinajstić information content (AvgIpc) is 2.41. The fraction of sp³-hybridized carbons (Fsp3) is 0.562. The van der Waals surface area contributed by atoms with Gasteiger partial charge in [0.25, 0.3) is 0 Å². The van der Waals surface area contributed by atoms with E-state index in [9.17, 15) is 15.0 Å². The Morgan fingerprint density at radius 3 is 2.67 bits per heavy atom. The van der Waals surface area contributed by atoms with E-state index < -0.39 is 5.97 Å². The van der Waals surface area contributed by atoms with Crippen LogP contribution in [-0.4, -0.2) is 29.3 Å². The van der Waals surface area contributed by atoms with Gasteiger partial charge in [0.1, 0.15) is 0 Å². The molecule has 5 heteroatoms. The van der Waals surface area contributed by atoms with Crippen LogP contribution < -0.4 is 10.1 Å². The fourth-order valence-corrected chi connectivity index (χ4v) is 2.17. The molecule has 1 rings (SSSR count). The monoisotopic (exact) mass is 295 g/mol. The number of phenolic OH excluding ortho intramolecular Hbond substituents is 1. The summed E-state index contributed by atoms with van der Waals surface area (Å²) in [5.74, 6) is -0.228. The number of hydrogen-bond acceptors (Lipinski definition) is 4. The molecule has 0 radical (unpaired) electrons. The van der Waals surface area contributed by atoms with Crippen molar-refractivity contribution in [1.82, 2.24) is 5.32 Å². The van der Waals surface area contributed by atoms with E-state index >= 15 is 0 Å². The van der Waals surface area contributed by atoms with Gasteiger partial charge in [0.05, 0.1) is 12.5 Å². The number of benzene rings is 1. The van der Waals surface area contributed by atoms with Crippen LogP contribution in [0.4, 0.5) is 0 Å². The van der Waals surface area contributed by atoms with Crippen LogP contribution in [0.15, 0.2) is 18.2 Å². The minimum Gasteiger partial charge on any atom is -0.504 e. The lowest BCUT2D eigenvalue weighted by Gasteiger charge is -2.15. The second-order valence-corrected chi connectivity index (χ2v) is 5.53. The van der Waals surface area contributed by atoms with Crippen LogP contribution in [0, 0.1) is 11.8 Å². The van der Waals surface area contributed by atoms with E-state index in [4.69, 9.17) is 4.74 Å². The minimum absolute atomic E-state index is 0.115. The Hall–Kier alpha value is -1.75. The van der Waals surface area contributed by atoms with Crippen molar-refractivity contribution in [2.24, 2.45) is 11.8 Å². The van der Waals surface area contributed by atoms with Crippen molar-refractivity contribution in [3.8, 4) is 11.5 Å². The molecule has 1 atom stereocenters. The van der Waals surface area contributed by atoms with Gasteiger partial charge in [0, 0.05) is 13.1 Å². The van der Waals surface area contributed by atoms with E-state index in [1.165, 1.54) is 0 Å². The van der Waals surface area contributed by atoms with Gasteiger partial charge in [0.2, 0.25) is 0 Å². The summed E-state index contributed by atoms with van der Waals surface area (Å²) in [5, 5.41) is 22.0. The topological polar surface area (TPSA) is 78.8 Å². The molecule has 0 aromatic heterocycles. The zero-order valence-electron chi connectivity index (χ0n) is 12.9. The second kappa shape index (κ2) is 8.52. The van der Waals surface area contributed by atoms with Gasteiger partial charge in [-0.25, -0.2) is 0 Å². The number of carboxylic acids is 1. The summed E-state index contributed by atoms with van der Waals surface area (Å²) >= 11 is 0. The standard InChI is InChI=1S/C16H25NO4/c1-4-21-15-8-12(5-6-14(15)18)9-17-10-13(16(19)20)7-11(2)3/h5-6,8,11,13,17-18H,4,7,9-10H2,1-3H3,(H,19,20). The highest BCUT2D eigenvalue weighted by atomic mass is 16.5. The molecule has 0 bridgehead atoms. The van der Waals surface area contributed by atoms with Gasteiger partial charge in [-0.2, -0.15) is 0 Å². The second-order valence-electron chi connectivity index (χ2n) is 5.53. The first-order chi connectivity index (χ1) is 9.93. The molecule has 0 saturated heterocycles. The van der Waals surface area contributed by atoms with Crippen LogP contribution in [0.1, 0.15) is 32.8 Å². The van der Waals surface area contributed by atoms with Crippen LogP contribution in [0.3, 0.4) is 0 Å². The molecule has 5 nitrogen and oxygen atoms in total. The smallest absolute Gasteiger partial charge is 0.307 e. The SMILES string of the molecule is CCOc1cc(CNCC(CC(C)C)C(=O)O)ccc1O. The Labute approximate surface area is 125 Å². The summed E-state index contributed by atoms with van der Waals surface area (Å²) in [7, 11) is 0. The number of carboxylic acid groups (broad SMARTS) is 1. The first-order valence-corrected chi connectivity index (χ1v) is 7.32. The van der Waals surface area contributed by atoms with E-state index in [-0.39, 0.29) is 11.7 Å². The lowest BCUT2D eigenvalue weighted by molar-refractivity contribution is -0.142. The van der Waals surface area contributed by atoms with Crippen molar-refractivity contribution in [2.45, 2.75) is 33.7 Å². The van der Waals surface area contributed by atoms with Crippen LogP contribution in [0.25, 0.3) is 0 Å². The number of nitrogens with one attached hydrogen (secondary N) is 1. The number of phenols is 1. The Bertz CT molecular complexity index is 460. The summed E-state index contributed by atoms with van der Waals surface area (Å²) in [5.41, 5.74) is 0.949. The molecule has 0 spiro atoms. The number of aliphatic carboxylic acids is 1. The summed E-state index contributed by atoms with van der Waals surface area (Å²) in [6.45, 7) is 7.35. The van der Waals surface area contributed by atoms with Gasteiger partial charge in [0.15, 0.2) is 11.5 Å². The zero-order valence-corrected chi connectivity index (χ0v) is 12.9. The quantitative estimate of drug-likeness (QED) is 0.652. The van der Waals surface area contributed by atoms with Crippen LogP contribution >= 0.6 is 0 Å². The van der Waals surface area contributed by atoms with Crippen molar-refractivity contribution in [1.29, 1.82) is 0 Å². The van der Waals surface area contributed by atoms with E-state index in [2.05, 4.69) is 5.32 Å². The van der Waals surface area contributed by atoms with Gasteiger partial charge >= 0.3 is 5.97 Å². The van der Waals surface area contributed by atoms with Gasteiger partial charge in [-0.15, -0.1) is 0 Å². The van der Waals surface area contributed by atoms with Crippen LogP contribution in [0.5, 0.6) is 11.5 Å². The maximum Gasteiger partial charge on any atom is 0.307 e. The lowest BCUT2D eigenvalue weighted by atomic mass is 9.97. The highest BCUT2D eigenvalue weighted by Gasteiger charge is 2.18. The summed E-state index contributed by atoms with van der Waals surface area (Å²) in [6, 6.07) is 5.15. The maximum absolute atomic E-state index is 11.2. The zero-order chi connectivity index (χ0) is 15.8. The molecule has 0 aliphatic carbocycles. The van der Waals surface area contributed by atoms with E-state index in [1.54, 1.807) is 18.2 Å². The molecule has 1 aromatic carbocycles. The molecule has 118 valence electrons. The molecular weight excluding hydrogens is 270 g/mol. The number of carbonyl (C=O) groups is 1. The van der Waals surface area contributed by atoms with Crippen LogP contribution in [0.2, 0.25) is 0 Å². The van der Waals surface area contributed by atoms with Crippen molar-refractivity contribution in [2.75, 3.05) is 13.2 Å². The molecule has 0 aliphatic rings. The third kappa shape index (κ3) is 6.04. The number of hydrogen-bond donors (Lipinski definition) is 3. The first-order valence-electron chi connectivity index (χ1n) is 7.32. The van der Waals surface area contributed by atoms with Crippen molar-refractivity contribution in [3.05, 3.63) is 23.8 Å². The van der Waals surface area contributed by atoms with Crippen LogP contribution in [-0.2, 0) is 11.3 Å². The third-order valence-corrected chi connectivity index (χ3v) is 3.15. The summed E-state index contributed by atoms with van der Waals surface area (Å²) < 4.78 is 5.32. The molecule has 0 fully saturated rings. The predicted molar refractivity (Wildman–Crippen MR) is 81.6 cm³/mol. The molecule has 0 aliphatic heterocycles. The van der Waals surface area contributed by atoms with Crippen molar-refractivity contribution >= 4 is 5.97 Å². The fourth-order valence-electron chi connectivity index (χ4n) is 2.17. The van der Waals surface area contributed by atoms with Crippen molar-refractivity contribution < 1.29 is 19.7 Å². The highest BCUT2D eigenvalue weighted by molar-refractivity contribution is 5.70. The van der Waals surface area contributed by atoms with E-state index in [0.29, 0.717) is 37.8 Å². The predicted octanol–water partition coefficient (Wildman–Crippen LogP) is 2.63. The van der Waals surface area contributed by atoms with Gasteiger partial charge < -0.3 is 20.3 Å². The Morgan fingerprint density at radius 2 is 2.10 bits per heavy atom. The molecule has 0 amide bonds. The summed E-state index contributed by atoms with van der Waals surface area (Å²) in [6.07, 6.45) is 0.655. The Kier molecular flexibility index (Phi) is 7.02. The molecule has 21 heavy (non-hydrogen) atoms. The summed E-state index contributed by atoms with van der Waals surface area (Å²) in [4.78, 5) is 11.2. The third-order valence-electron chi connectivity index (χ3n) is 3.15. The first kappa shape index (κ1) is 17.3. The van der Waals surface area contributed by atoms with Crippen molar-refractivity contribution in [3.63, 3.8) is 0 Å². The number of rotatable bonds is 9. The Balaban J connectivity index is 2.54. The number of ether oxygens (including phenoxy) is 1. The largest absolute Gasteiger partial charge is 0.504 e. The number of aromatic hydroxyl groups is 1. The molecule has 1 unspecified atom stereocenters. The molecule has 0 heterocycles. The van der Waals surface area contributed by atoms with Gasteiger partial charge in [-0.3, -0.25) is 4.79 Å². The van der Waals surface area contributed by atoms with Gasteiger partial charge in [-0.05, 0) is 37.0 Å². The lowest BCUT2D eigenvalue weighted by Crippen LogP contribution is -2.29. The molecule has 0 saturated carbocycles. The molecule has 3 N–H and O–H groups in total. The molecular formula is C16H25NO4. The van der Waals surface area contributed by atoms with E-state index in [1.807, 2.05) is 20.8 Å². The molecule has 1 aromatic rings. The maximum atomic E-state index is 11.2. The van der Waals surface area contributed by atoms with Gasteiger partial charge in [-0.1, -0.05) is 19.9 Å². The Morgan fingerprint density at radius 1 is 1.38 bits per heavy atom.